The van der Waals surface area contributed by atoms with Crippen molar-refractivity contribution in [2.45, 2.75) is 24.3 Å². The van der Waals surface area contributed by atoms with Crippen LogP contribution in [0.4, 0.5) is 0 Å². The molecule has 12 rings (SSSR count). The predicted octanol–water partition coefficient (Wildman–Crippen LogP) is 12.5. The Morgan fingerprint density at radius 1 is 0.667 bits per heavy atom. The van der Waals surface area contributed by atoms with Crippen molar-refractivity contribution in [3.8, 4) is 0 Å². The average molecular weight is 753 g/mol. The maximum Gasteiger partial charge on any atom is 0.169 e. The predicted molar refractivity (Wildman–Crippen MR) is 238 cm³/mol. The SMILES string of the molecule is C1=CC2SC3=CCCC(c4cccc5oc6ccc(C7=NC(c8ccccc8)N=C(c8ccccc8)N7)cc6c45)=C3C2C(n2c3ccccc3c3ccccc32)=C1. The lowest BCUT2D eigenvalue weighted by atomic mass is 9.79. The maximum atomic E-state index is 6.65. The fraction of sp³-hybridized carbons (Fsp3) is 0.0980. The molecule has 0 amide bonds. The van der Waals surface area contributed by atoms with E-state index in [0.29, 0.717) is 5.25 Å². The van der Waals surface area contributed by atoms with Crippen molar-refractivity contribution in [3.63, 3.8) is 0 Å². The number of aliphatic imine (C=N–C) groups is 2. The molecule has 0 spiro atoms. The number of thioether (sulfide) groups is 1. The van der Waals surface area contributed by atoms with Gasteiger partial charge in [0.25, 0.3) is 0 Å². The number of aromatic nitrogens is 1. The molecule has 0 saturated carbocycles. The Morgan fingerprint density at radius 3 is 2.18 bits per heavy atom. The molecule has 6 heteroatoms. The van der Waals surface area contributed by atoms with Crippen molar-refractivity contribution in [3.05, 3.63) is 203 Å². The number of para-hydroxylation sites is 2. The second kappa shape index (κ2) is 13.0. The van der Waals surface area contributed by atoms with Crippen LogP contribution in [-0.4, -0.2) is 21.5 Å². The number of hydrogen-bond acceptors (Lipinski definition) is 5. The number of furan rings is 1. The Bertz CT molecular complexity index is 3090. The van der Waals surface area contributed by atoms with Crippen LogP contribution in [0.3, 0.4) is 0 Å². The first-order valence-electron chi connectivity index (χ1n) is 19.7. The number of fused-ring (bicyclic) bond motifs is 9. The van der Waals surface area contributed by atoms with Gasteiger partial charge in [0.15, 0.2) is 6.17 Å². The third kappa shape index (κ3) is 5.17. The molecule has 8 aromatic rings. The van der Waals surface area contributed by atoms with Crippen LogP contribution in [0.15, 0.2) is 195 Å². The van der Waals surface area contributed by atoms with Gasteiger partial charge in [-0.15, -0.1) is 11.8 Å². The highest BCUT2D eigenvalue weighted by Crippen LogP contribution is 2.58. The van der Waals surface area contributed by atoms with Crippen molar-refractivity contribution in [2.75, 3.05) is 0 Å². The molecule has 0 radical (unpaired) electrons. The van der Waals surface area contributed by atoms with Crippen LogP contribution in [0.5, 0.6) is 0 Å². The van der Waals surface area contributed by atoms with Crippen molar-refractivity contribution >= 4 is 78.4 Å². The summed E-state index contributed by atoms with van der Waals surface area (Å²) in [7, 11) is 0. The van der Waals surface area contributed by atoms with Crippen LogP contribution in [-0.2, 0) is 0 Å². The Kier molecular flexibility index (Phi) is 7.42. The third-order valence-electron chi connectivity index (χ3n) is 11.9. The van der Waals surface area contributed by atoms with E-state index in [0.717, 1.165) is 63.1 Å². The van der Waals surface area contributed by atoms with Crippen LogP contribution in [0.2, 0.25) is 0 Å². The molecular formula is C51H36N4OS. The first-order valence-corrected chi connectivity index (χ1v) is 20.6. The van der Waals surface area contributed by atoms with E-state index in [4.69, 9.17) is 14.4 Å². The molecule has 3 atom stereocenters. The molecule has 5 nitrogen and oxygen atoms in total. The number of benzene rings is 6. The normalized spacial score (nSPS) is 20.3. The first kappa shape index (κ1) is 32.6. The van der Waals surface area contributed by atoms with Gasteiger partial charge in [0, 0.05) is 54.4 Å². The smallest absolute Gasteiger partial charge is 0.169 e. The highest BCUT2D eigenvalue weighted by molar-refractivity contribution is 8.04. The van der Waals surface area contributed by atoms with E-state index in [2.05, 4.69) is 143 Å². The van der Waals surface area contributed by atoms with E-state index in [-0.39, 0.29) is 12.1 Å². The molecule has 1 saturated heterocycles. The van der Waals surface area contributed by atoms with Crippen LogP contribution >= 0.6 is 11.8 Å². The highest BCUT2D eigenvalue weighted by Gasteiger charge is 2.42. The molecule has 0 bridgehead atoms. The van der Waals surface area contributed by atoms with Crippen LogP contribution in [0.25, 0.3) is 55.0 Å². The largest absolute Gasteiger partial charge is 0.456 e. The van der Waals surface area contributed by atoms with Gasteiger partial charge in [-0.1, -0.05) is 127 Å². The number of amidine groups is 2. The molecule has 4 heterocycles. The number of allylic oxidation sites excluding steroid dienone is 6. The fourth-order valence-electron chi connectivity index (χ4n) is 9.44. The summed E-state index contributed by atoms with van der Waals surface area (Å²) < 4.78 is 9.18. The van der Waals surface area contributed by atoms with Crippen molar-refractivity contribution in [1.82, 2.24) is 9.88 Å². The Morgan fingerprint density at radius 2 is 1.39 bits per heavy atom. The minimum absolute atomic E-state index is 0.205. The standard InChI is InChI=1S/C51H36N4OS/c1-3-14-31(15-4-1)49-52-50(32-16-5-2-6-17-32)54-51(53-49)33-28-29-42-38(30-33)46-36(20-11-25-43(46)56-42)37-21-12-26-44-47(37)48-41(24-13-27-45(48)57-44)55-39-22-9-7-18-34(39)35-19-8-10-23-40(35)55/h1-11,13-20,22-30,45,48-49H,12,21H2,(H,52,53,54). The maximum absolute atomic E-state index is 6.65. The summed E-state index contributed by atoms with van der Waals surface area (Å²) in [6.07, 6.45) is 11.1. The van der Waals surface area contributed by atoms with Gasteiger partial charge in [0.2, 0.25) is 0 Å². The van der Waals surface area contributed by atoms with Crippen molar-refractivity contribution < 1.29 is 4.42 Å². The molecule has 3 unspecified atom stereocenters. The zero-order valence-corrected chi connectivity index (χ0v) is 31.8. The molecule has 4 aliphatic rings. The second-order valence-corrected chi connectivity index (χ2v) is 16.3. The fourth-order valence-corrected chi connectivity index (χ4v) is 10.9. The van der Waals surface area contributed by atoms with E-state index in [1.165, 1.54) is 49.1 Å². The van der Waals surface area contributed by atoms with Gasteiger partial charge in [-0.2, -0.15) is 0 Å². The molecular weight excluding hydrogens is 717 g/mol. The number of hydrogen-bond donors (Lipinski definition) is 1. The summed E-state index contributed by atoms with van der Waals surface area (Å²) in [6.45, 7) is 0. The molecule has 2 aliphatic heterocycles. The quantitative estimate of drug-likeness (QED) is 0.190. The topological polar surface area (TPSA) is 54.8 Å². The molecule has 1 N–H and O–H groups in total. The molecule has 57 heavy (non-hydrogen) atoms. The van der Waals surface area contributed by atoms with Gasteiger partial charge >= 0.3 is 0 Å². The molecule has 1 fully saturated rings. The lowest BCUT2D eigenvalue weighted by Crippen LogP contribution is -2.36. The Hall–Kier alpha value is -6.63. The van der Waals surface area contributed by atoms with Gasteiger partial charge in [-0.25, -0.2) is 9.98 Å². The van der Waals surface area contributed by atoms with Gasteiger partial charge in [-0.3, -0.25) is 0 Å². The summed E-state index contributed by atoms with van der Waals surface area (Å²) in [6, 6.07) is 51.4. The Balaban J connectivity index is 1.02. The van der Waals surface area contributed by atoms with E-state index in [1.807, 2.05) is 48.2 Å². The summed E-state index contributed by atoms with van der Waals surface area (Å²) in [5, 5.41) is 8.76. The Labute approximate surface area is 334 Å². The van der Waals surface area contributed by atoms with E-state index < -0.39 is 0 Å². The minimum atomic E-state index is -0.362. The monoisotopic (exact) mass is 752 g/mol. The zero-order chi connectivity index (χ0) is 37.5. The summed E-state index contributed by atoms with van der Waals surface area (Å²) in [5.74, 6) is 1.81. The number of nitrogens with one attached hydrogen (secondary N) is 1. The first-order chi connectivity index (χ1) is 28.3. The number of rotatable bonds is 5. The number of nitrogens with zero attached hydrogens (tertiary/aromatic N) is 3. The van der Waals surface area contributed by atoms with Gasteiger partial charge in [0.1, 0.15) is 22.8 Å². The van der Waals surface area contributed by atoms with Gasteiger partial charge in [-0.05, 0) is 77.6 Å². The highest BCUT2D eigenvalue weighted by atomic mass is 32.2. The van der Waals surface area contributed by atoms with Crippen molar-refractivity contribution in [2.24, 2.45) is 15.9 Å². The van der Waals surface area contributed by atoms with E-state index in [1.54, 1.807) is 0 Å². The summed E-state index contributed by atoms with van der Waals surface area (Å²) in [4.78, 5) is 11.7. The minimum Gasteiger partial charge on any atom is -0.456 e. The van der Waals surface area contributed by atoms with E-state index in [9.17, 15) is 0 Å². The third-order valence-corrected chi connectivity index (χ3v) is 13.3. The zero-order valence-electron chi connectivity index (χ0n) is 31.0. The lowest BCUT2D eigenvalue weighted by Gasteiger charge is -2.28. The van der Waals surface area contributed by atoms with Crippen LogP contribution < -0.4 is 5.32 Å². The van der Waals surface area contributed by atoms with Crippen LogP contribution in [0, 0.1) is 5.92 Å². The van der Waals surface area contributed by atoms with Crippen molar-refractivity contribution in [1.29, 1.82) is 0 Å². The van der Waals surface area contributed by atoms with Gasteiger partial charge < -0.3 is 14.3 Å². The lowest BCUT2D eigenvalue weighted by molar-refractivity contribution is 0.669. The summed E-state index contributed by atoms with van der Waals surface area (Å²) in [5.41, 5.74) is 12.8. The molecule has 6 aromatic carbocycles. The molecule has 272 valence electrons. The van der Waals surface area contributed by atoms with Crippen LogP contribution in [0.1, 0.15) is 41.3 Å². The van der Waals surface area contributed by atoms with E-state index >= 15 is 0 Å². The molecule has 2 aliphatic carbocycles. The second-order valence-electron chi connectivity index (χ2n) is 15.1. The molecule has 2 aromatic heterocycles. The average Bonchev–Trinajstić information content (AvgIpc) is 3.96. The summed E-state index contributed by atoms with van der Waals surface area (Å²) >= 11 is 2.02. The van der Waals surface area contributed by atoms with Gasteiger partial charge in [0.05, 0.1) is 11.0 Å².